The summed E-state index contributed by atoms with van der Waals surface area (Å²) in [5.41, 5.74) is 0.340. The number of cyclic esters (lactones) is 1. The largest absolute Gasteiger partial charge is 0.508 e. The van der Waals surface area contributed by atoms with Crippen molar-refractivity contribution in [2.24, 2.45) is 0 Å². The number of fused-ring (bicyclic) bond motifs is 1. The number of phenols is 2. The van der Waals surface area contributed by atoms with E-state index in [1.807, 2.05) is 18.2 Å². The van der Waals surface area contributed by atoms with Crippen molar-refractivity contribution in [1.29, 1.82) is 0 Å². The lowest BCUT2D eigenvalue weighted by Crippen LogP contribution is -2.18. The second-order valence-corrected chi connectivity index (χ2v) is 5.70. The molecule has 1 aromatic rings. The number of benzene rings is 1. The number of ether oxygens (including phenoxy) is 1. The van der Waals surface area contributed by atoms with Gasteiger partial charge in [-0.05, 0) is 31.4 Å². The Labute approximate surface area is 135 Å². The molecule has 1 unspecified atom stereocenters. The second-order valence-electron chi connectivity index (χ2n) is 5.70. The van der Waals surface area contributed by atoms with Crippen molar-refractivity contribution in [3.8, 4) is 11.5 Å². The van der Waals surface area contributed by atoms with Crippen LogP contribution >= 0.6 is 0 Å². The van der Waals surface area contributed by atoms with Crippen LogP contribution in [0.15, 0.2) is 36.4 Å². The highest BCUT2D eigenvalue weighted by Crippen LogP contribution is 2.29. The van der Waals surface area contributed by atoms with Gasteiger partial charge in [-0.1, -0.05) is 24.3 Å². The number of esters is 1. The van der Waals surface area contributed by atoms with E-state index in [1.165, 1.54) is 6.07 Å². The first kappa shape index (κ1) is 17.1. The fourth-order valence-corrected chi connectivity index (χ4v) is 2.50. The number of aromatic hydroxyl groups is 2. The average molecular weight is 318 g/mol. The first-order valence-electron chi connectivity index (χ1n) is 7.73. The molecule has 0 aliphatic carbocycles. The summed E-state index contributed by atoms with van der Waals surface area (Å²) in [4.78, 5) is 12.3. The summed E-state index contributed by atoms with van der Waals surface area (Å²) in [5, 5.41) is 29.7. The van der Waals surface area contributed by atoms with Crippen LogP contribution in [0.5, 0.6) is 11.5 Å². The van der Waals surface area contributed by atoms with Crippen molar-refractivity contribution in [3.05, 3.63) is 47.6 Å². The van der Waals surface area contributed by atoms with E-state index in [-0.39, 0.29) is 29.6 Å². The molecule has 1 aliphatic heterocycles. The molecule has 124 valence electrons. The number of aliphatic hydroxyl groups is 1. The quantitative estimate of drug-likeness (QED) is 0.506. The minimum absolute atomic E-state index is 0.0110. The predicted octanol–water partition coefficient (Wildman–Crippen LogP) is 2.84. The van der Waals surface area contributed by atoms with Gasteiger partial charge in [-0.3, -0.25) is 0 Å². The van der Waals surface area contributed by atoms with Crippen LogP contribution in [0, 0.1) is 0 Å². The van der Waals surface area contributed by atoms with Gasteiger partial charge in [-0.15, -0.1) is 0 Å². The smallest absolute Gasteiger partial charge is 0.342 e. The lowest BCUT2D eigenvalue weighted by molar-refractivity contribution is 0.0343. The van der Waals surface area contributed by atoms with Crippen molar-refractivity contribution in [3.63, 3.8) is 0 Å². The van der Waals surface area contributed by atoms with E-state index in [4.69, 9.17) is 4.74 Å². The van der Waals surface area contributed by atoms with Gasteiger partial charge in [0.2, 0.25) is 0 Å². The van der Waals surface area contributed by atoms with Crippen LogP contribution in [0.3, 0.4) is 0 Å². The first-order chi connectivity index (χ1) is 11.0. The van der Waals surface area contributed by atoms with Crippen molar-refractivity contribution in [2.75, 3.05) is 0 Å². The highest BCUT2D eigenvalue weighted by atomic mass is 16.5. The van der Waals surface area contributed by atoms with Crippen molar-refractivity contribution in [1.82, 2.24) is 0 Å². The van der Waals surface area contributed by atoms with E-state index in [1.54, 1.807) is 13.0 Å². The van der Waals surface area contributed by atoms with E-state index in [0.717, 1.165) is 18.9 Å². The molecule has 3 N–H and O–H groups in total. The van der Waals surface area contributed by atoms with Gasteiger partial charge in [-0.2, -0.15) is 0 Å². The standard InChI is InChI=1S/C18H22O5/c1-12-7-5-3-2-4-6-8-14(19)9-13-10-15(20)11-16(21)17(13)18(22)23-12/h3,5-6,8,10-12,14,19-21H,2,4,7,9H2,1H3/b5-3+,8-6+/t12?,14-/m1/s1. The Morgan fingerprint density at radius 1 is 1.13 bits per heavy atom. The number of hydrogen-bond donors (Lipinski definition) is 3. The third-order valence-electron chi connectivity index (χ3n) is 3.62. The molecule has 0 aromatic heterocycles. The molecule has 0 saturated carbocycles. The van der Waals surface area contributed by atoms with E-state index in [0.29, 0.717) is 12.0 Å². The van der Waals surface area contributed by atoms with Crippen molar-refractivity contribution in [2.45, 2.75) is 44.8 Å². The number of carbonyl (C=O) groups is 1. The lowest BCUT2D eigenvalue weighted by Gasteiger charge is -2.16. The van der Waals surface area contributed by atoms with Gasteiger partial charge in [0.15, 0.2) is 0 Å². The summed E-state index contributed by atoms with van der Waals surface area (Å²) in [6.45, 7) is 1.78. The molecule has 2 rings (SSSR count). The molecule has 5 nitrogen and oxygen atoms in total. The lowest BCUT2D eigenvalue weighted by atomic mass is 9.99. The van der Waals surface area contributed by atoms with Crippen LogP contribution in [0.2, 0.25) is 0 Å². The Hall–Kier alpha value is -2.27. The molecule has 5 heteroatoms. The van der Waals surface area contributed by atoms with Crippen molar-refractivity contribution >= 4 is 5.97 Å². The van der Waals surface area contributed by atoms with E-state index < -0.39 is 12.1 Å². The summed E-state index contributed by atoms with van der Waals surface area (Å²) in [5.74, 6) is -1.18. The van der Waals surface area contributed by atoms with Crippen LogP contribution in [-0.4, -0.2) is 33.5 Å². The number of aliphatic hydroxyl groups excluding tert-OH is 1. The normalized spacial score (nSPS) is 25.7. The number of hydrogen-bond acceptors (Lipinski definition) is 5. The van der Waals surface area contributed by atoms with Crippen molar-refractivity contribution < 1.29 is 24.9 Å². The van der Waals surface area contributed by atoms with Crippen LogP contribution in [0.25, 0.3) is 0 Å². The second kappa shape index (κ2) is 7.83. The van der Waals surface area contributed by atoms with Gasteiger partial charge in [-0.25, -0.2) is 4.79 Å². The average Bonchev–Trinajstić information content (AvgIpc) is 2.44. The highest BCUT2D eigenvalue weighted by Gasteiger charge is 2.22. The summed E-state index contributed by atoms with van der Waals surface area (Å²) in [7, 11) is 0. The molecule has 0 bridgehead atoms. The van der Waals surface area contributed by atoms with Gasteiger partial charge in [0.1, 0.15) is 23.2 Å². The van der Waals surface area contributed by atoms with Crippen LogP contribution in [0.1, 0.15) is 42.1 Å². The van der Waals surface area contributed by atoms with E-state index in [9.17, 15) is 20.1 Å². The molecule has 0 amide bonds. The minimum Gasteiger partial charge on any atom is -0.508 e. The molecule has 0 saturated heterocycles. The molecular weight excluding hydrogens is 296 g/mol. The third kappa shape index (κ3) is 4.86. The zero-order valence-corrected chi connectivity index (χ0v) is 13.1. The summed E-state index contributed by atoms with van der Waals surface area (Å²) in [6.07, 6.45) is 8.70. The maximum Gasteiger partial charge on any atom is 0.342 e. The molecule has 1 heterocycles. The monoisotopic (exact) mass is 318 g/mol. The molecule has 0 spiro atoms. The number of phenolic OH excluding ortho intramolecular Hbond substituents is 2. The van der Waals surface area contributed by atoms with Gasteiger partial charge in [0.05, 0.1) is 6.10 Å². The first-order valence-corrected chi connectivity index (χ1v) is 7.73. The zero-order chi connectivity index (χ0) is 16.8. The Balaban J connectivity index is 2.38. The fraction of sp³-hybridized carbons (Fsp3) is 0.389. The maximum absolute atomic E-state index is 12.3. The van der Waals surface area contributed by atoms with Crippen LogP contribution < -0.4 is 0 Å². The number of allylic oxidation sites excluding steroid dienone is 2. The topological polar surface area (TPSA) is 87.0 Å². The van der Waals surface area contributed by atoms with Gasteiger partial charge in [0.25, 0.3) is 0 Å². The predicted molar refractivity (Wildman–Crippen MR) is 86.5 cm³/mol. The number of rotatable bonds is 0. The molecule has 0 radical (unpaired) electrons. The van der Waals surface area contributed by atoms with Crippen LogP contribution in [0.4, 0.5) is 0 Å². The molecule has 2 atom stereocenters. The number of carbonyl (C=O) groups excluding carboxylic acids is 1. The summed E-state index contributed by atoms with van der Waals surface area (Å²) < 4.78 is 5.35. The molecule has 1 aromatic carbocycles. The highest BCUT2D eigenvalue weighted by molar-refractivity contribution is 5.94. The van der Waals surface area contributed by atoms with Crippen LogP contribution in [-0.2, 0) is 11.2 Å². The van der Waals surface area contributed by atoms with E-state index in [2.05, 4.69) is 0 Å². The SMILES string of the molecule is CC1C/C=C/CC/C=C/[C@@H](O)Cc2cc(O)cc(O)c2C(=O)O1. The summed E-state index contributed by atoms with van der Waals surface area (Å²) >= 11 is 0. The van der Waals surface area contributed by atoms with Gasteiger partial charge < -0.3 is 20.1 Å². The minimum atomic E-state index is -0.813. The molecule has 23 heavy (non-hydrogen) atoms. The zero-order valence-electron chi connectivity index (χ0n) is 13.1. The molecular formula is C18H22O5. The molecule has 1 aliphatic rings. The Bertz CT molecular complexity index is 618. The maximum atomic E-state index is 12.3. The third-order valence-corrected chi connectivity index (χ3v) is 3.62. The van der Waals surface area contributed by atoms with Gasteiger partial charge >= 0.3 is 5.97 Å². The van der Waals surface area contributed by atoms with E-state index >= 15 is 0 Å². The Kier molecular flexibility index (Phi) is 5.82. The fourth-order valence-electron chi connectivity index (χ4n) is 2.50. The molecule has 0 fully saturated rings. The Morgan fingerprint density at radius 3 is 2.65 bits per heavy atom. The van der Waals surface area contributed by atoms with Gasteiger partial charge in [0, 0.05) is 18.9 Å². The summed E-state index contributed by atoms with van der Waals surface area (Å²) in [6, 6.07) is 2.46. The Morgan fingerprint density at radius 2 is 1.87 bits per heavy atom.